The molecule has 0 aromatic heterocycles. The number of morpholine rings is 1. The molecule has 1 aliphatic heterocycles. The van der Waals surface area contributed by atoms with Gasteiger partial charge in [-0.3, -0.25) is 4.79 Å². The first kappa shape index (κ1) is 23.7. The Morgan fingerprint density at radius 2 is 1.71 bits per heavy atom. The normalized spacial score (nSPS) is 14.9. The van der Waals surface area contributed by atoms with E-state index in [0.29, 0.717) is 12.0 Å². The Labute approximate surface area is 190 Å². The largest absolute Gasteiger partial charge is 0.462 e. The van der Waals surface area contributed by atoms with E-state index in [1.54, 1.807) is 24.3 Å². The van der Waals surface area contributed by atoms with Crippen LogP contribution in [-0.2, 0) is 19.5 Å². The number of Topliss-reactive ketones (excluding diaryl/α,β-unsaturated/α-hetero) is 1. The van der Waals surface area contributed by atoms with Crippen LogP contribution in [0.5, 0.6) is 0 Å². The van der Waals surface area contributed by atoms with E-state index in [2.05, 4.69) is 0 Å². The summed E-state index contributed by atoms with van der Waals surface area (Å²) in [5, 5.41) is -0.0993. The van der Waals surface area contributed by atoms with Crippen molar-refractivity contribution < 1.29 is 27.5 Å². The molecule has 2 aromatic carbocycles. The lowest BCUT2D eigenvalue weighted by atomic mass is 10.1. The first-order valence-corrected chi connectivity index (χ1v) is 11.8. The van der Waals surface area contributed by atoms with Crippen LogP contribution in [0.1, 0.15) is 33.6 Å². The van der Waals surface area contributed by atoms with Crippen molar-refractivity contribution in [1.29, 1.82) is 0 Å². The molecule has 166 valence electrons. The second kappa shape index (κ2) is 10.6. The highest BCUT2D eigenvalue weighted by Crippen LogP contribution is 2.31. The van der Waals surface area contributed by atoms with Crippen molar-refractivity contribution in [2.24, 2.45) is 0 Å². The molecule has 0 N–H and O–H groups in total. The van der Waals surface area contributed by atoms with E-state index >= 15 is 0 Å². The van der Waals surface area contributed by atoms with Crippen LogP contribution in [0.4, 0.5) is 0 Å². The SMILES string of the molecule is O=C(CCCOC(=O)c1cc(S(=O)(=O)N2CCOCC2)c(Cl)cc1Cl)c1ccccc1. The number of benzene rings is 2. The molecule has 0 spiro atoms. The number of nitrogens with zero attached hydrogens (tertiary/aromatic N) is 1. The van der Waals surface area contributed by atoms with Crippen LogP contribution in [0.3, 0.4) is 0 Å². The van der Waals surface area contributed by atoms with Crippen LogP contribution < -0.4 is 0 Å². The molecule has 0 bridgehead atoms. The van der Waals surface area contributed by atoms with Crippen LogP contribution >= 0.6 is 23.2 Å². The molecule has 7 nitrogen and oxygen atoms in total. The maximum Gasteiger partial charge on any atom is 0.339 e. The number of halogens is 2. The molecule has 0 amide bonds. The van der Waals surface area contributed by atoms with Crippen molar-refractivity contribution in [2.45, 2.75) is 17.7 Å². The standard InChI is InChI=1S/C21H21Cl2NO6S/c22-17-14-18(23)20(31(27,28)24-8-11-29-12-9-24)13-16(17)21(26)30-10-4-7-19(25)15-5-2-1-3-6-15/h1-3,5-6,13-14H,4,7-12H2. The van der Waals surface area contributed by atoms with E-state index in [-0.39, 0.29) is 65.6 Å². The summed E-state index contributed by atoms with van der Waals surface area (Å²) in [4.78, 5) is 24.4. The van der Waals surface area contributed by atoms with E-state index in [1.807, 2.05) is 6.07 Å². The lowest BCUT2D eigenvalue weighted by Crippen LogP contribution is -2.40. The van der Waals surface area contributed by atoms with Crippen LogP contribution in [0.25, 0.3) is 0 Å². The van der Waals surface area contributed by atoms with Gasteiger partial charge in [0.05, 0.1) is 35.4 Å². The van der Waals surface area contributed by atoms with E-state index < -0.39 is 16.0 Å². The number of carbonyl (C=O) groups excluding carboxylic acids is 2. The molecule has 1 heterocycles. The second-order valence-electron chi connectivity index (χ2n) is 6.81. The van der Waals surface area contributed by atoms with Gasteiger partial charge >= 0.3 is 5.97 Å². The monoisotopic (exact) mass is 485 g/mol. The Morgan fingerprint density at radius 3 is 2.39 bits per heavy atom. The molecule has 0 radical (unpaired) electrons. The summed E-state index contributed by atoms with van der Waals surface area (Å²) in [7, 11) is -3.92. The average molecular weight is 486 g/mol. The van der Waals surface area contributed by atoms with Gasteiger partial charge in [-0.2, -0.15) is 4.31 Å². The highest BCUT2D eigenvalue weighted by molar-refractivity contribution is 7.89. The molecule has 2 aromatic rings. The van der Waals surface area contributed by atoms with Crippen LogP contribution in [-0.4, -0.2) is 57.4 Å². The fourth-order valence-electron chi connectivity index (χ4n) is 3.05. The zero-order chi connectivity index (χ0) is 22.4. The molecule has 3 rings (SSSR count). The van der Waals surface area contributed by atoms with E-state index in [0.717, 1.165) is 6.07 Å². The third-order valence-electron chi connectivity index (χ3n) is 4.71. The topological polar surface area (TPSA) is 90.0 Å². The fourth-order valence-corrected chi connectivity index (χ4v) is 5.29. The molecule has 1 aliphatic rings. The molecular weight excluding hydrogens is 465 g/mol. The molecular formula is C21H21Cl2NO6S. The second-order valence-corrected chi connectivity index (χ2v) is 9.53. The summed E-state index contributed by atoms with van der Waals surface area (Å²) < 4.78 is 37.5. The van der Waals surface area contributed by atoms with Crippen molar-refractivity contribution in [3.8, 4) is 0 Å². The predicted octanol–water partition coefficient (Wildman–Crippen LogP) is 3.83. The summed E-state index contributed by atoms with van der Waals surface area (Å²) in [6.07, 6.45) is 0.534. The highest BCUT2D eigenvalue weighted by atomic mass is 35.5. The van der Waals surface area contributed by atoms with Crippen LogP contribution in [0.15, 0.2) is 47.4 Å². The van der Waals surface area contributed by atoms with Crippen molar-refractivity contribution in [2.75, 3.05) is 32.9 Å². The lowest BCUT2D eigenvalue weighted by Gasteiger charge is -2.26. The Balaban J connectivity index is 1.65. The van der Waals surface area contributed by atoms with Gasteiger partial charge in [0.15, 0.2) is 5.78 Å². The molecule has 1 fully saturated rings. The lowest BCUT2D eigenvalue weighted by molar-refractivity contribution is 0.0494. The molecule has 10 heteroatoms. The van der Waals surface area contributed by atoms with Gasteiger partial charge in [0, 0.05) is 25.1 Å². The van der Waals surface area contributed by atoms with Gasteiger partial charge in [0.1, 0.15) is 4.90 Å². The Kier molecular flexibility index (Phi) is 8.07. The van der Waals surface area contributed by atoms with Gasteiger partial charge < -0.3 is 9.47 Å². The van der Waals surface area contributed by atoms with Crippen LogP contribution in [0, 0.1) is 0 Å². The van der Waals surface area contributed by atoms with Gasteiger partial charge in [0.2, 0.25) is 10.0 Å². The molecule has 0 atom stereocenters. The minimum Gasteiger partial charge on any atom is -0.462 e. The minimum atomic E-state index is -3.92. The average Bonchev–Trinajstić information content (AvgIpc) is 2.77. The summed E-state index contributed by atoms with van der Waals surface area (Å²) in [6, 6.07) is 11.2. The maximum atomic E-state index is 12.9. The number of sulfonamides is 1. The molecule has 0 unspecified atom stereocenters. The van der Waals surface area contributed by atoms with Crippen molar-refractivity contribution in [3.05, 3.63) is 63.6 Å². The number of esters is 1. The fraction of sp³-hybridized carbons (Fsp3) is 0.333. The van der Waals surface area contributed by atoms with Gasteiger partial charge in [-0.15, -0.1) is 0 Å². The maximum absolute atomic E-state index is 12.9. The van der Waals surface area contributed by atoms with E-state index in [1.165, 1.54) is 10.4 Å². The number of hydrogen-bond donors (Lipinski definition) is 0. The summed E-state index contributed by atoms with van der Waals surface area (Å²) in [5.41, 5.74) is 0.486. The molecule has 0 saturated carbocycles. The summed E-state index contributed by atoms with van der Waals surface area (Å²) in [5.74, 6) is -0.840. The Hall–Kier alpha value is -1.97. The highest BCUT2D eigenvalue weighted by Gasteiger charge is 2.30. The van der Waals surface area contributed by atoms with Gasteiger partial charge in [-0.05, 0) is 18.6 Å². The molecule has 0 aliphatic carbocycles. The van der Waals surface area contributed by atoms with Gasteiger partial charge in [0.25, 0.3) is 0 Å². The van der Waals surface area contributed by atoms with Crippen molar-refractivity contribution in [1.82, 2.24) is 4.31 Å². The number of rotatable bonds is 8. The summed E-state index contributed by atoms with van der Waals surface area (Å²) in [6.45, 7) is 0.928. The molecule has 1 saturated heterocycles. The third-order valence-corrected chi connectivity index (χ3v) is 7.38. The molecule has 31 heavy (non-hydrogen) atoms. The van der Waals surface area contributed by atoms with Crippen molar-refractivity contribution in [3.63, 3.8) is 0 Å². The number of carbonyl (C=O) groups is 2. The number of ketones is 1. The van der Waals surface area contributed by atoms with Gasteiger partial charge in [-0.1, -0.05) is 53.5 Å². The first-order valence-electron chi connectivity index (χ1n) is 9.63. The smallest absolute Gasteiger partial charge is 0.339 e. The number of ether oxygens (including phenoxy) is 2. The zero-order valence-corrected chi connectivity index (χ0v) is 18.9. The Morgan fingerprint density at radius 1 is 1.03 bits per heavy atom. The van der Waals surface area contributed by atoms with E-state index in [4.69, 9.17) is 32.7 Å². The first-order chi connectivity index (χ1) is 14.8. The predicted molar refractivity (Wildman–Crippen MR) is 116 cm³/mol. The minimum absolute atomic E-state index is 0.0120. The quantitative estimate of drug-likeness (QED) is 0.320. The van der Waals surface area contributed by atoms with Crippen molar-refractivity contribution >= 4 is 45.0 Å². The Bertz CT molecular complexity index is 1050. The summed E-state index contributed by atoms with van der Waals surface area (Å²) >= 11 is 12.2. The zero-order valence-electron chi connectivity index (χ0n) is 16.6. The van der Waals surface area contributed by atoms with Crippen LogP contribution in [0.2, 0.25) is 10.0 Å². The van der Waals surface area contributed by atoms with E-state index in [9.17, 15) is 18.0 Å². The number of hydrogen-bond acceptors (Lipinski definition) is 6. The van der Waals surface area contributed by atoms with Gasteiger partial charge in [-0.25, -0.2) is 13.2 Å². The third kappa shape index (κ3) is 5.84.